The van der Waals surface area contributed by atoms with E-state index in [1.165, 1.54) is 64.2 Å². The summed E-state index contributed by atoms with van der Waals surface area (Å²) in [4.78, 5) is 36.6. The van der Waals surface area contributed by atoms with Gasteiger partial charge in [-0.3, -0.25) is 4.48 Å². The Morgan fingerprint density at radius 3 is 1.32 bits per heavy atom. The van der Waals surface area contributed by atoms with Gasteiger partial charge in [-0.05, 0) is 32.1 Å². The molecule has 0 aromatic carbocycles. The van der Waals surface area contributed by atoms with Crippen LogP contribution in [0.2, 0.25) is 0 Å². The molecule has 7 nitrogen and oxygen atoms in total. The number of quaternary nitrogens is 1. The Morgan fingerprint density at radius 2 is 0.974 bits per heavy atom. The number of carboxylic acid groups (broad SMARTS) is 3. The second kappa shape index (κ2) is 22.0. The lowest BCUT2D eigenvalue weighted by Crippen LogP contribution is -2.73. The average Bonchev–Trinajstić information content (AvgIpc) is 2.86. The maximum absolute atomic E-state index is 12.2. The zero-order valence-electron chi connectivity index (χ0n) is 24.8. The smallest absolute Gasteiger partial charge is 0.362 e. The highest BCUT2D eigenvalue weighted by Crippen LogP contribution is 2.32. The van der Waals surface area contributed by atoms with E-state index >= 15 is 0 Å². The SMILES string of the molecule is CCC/C=C/CCCCCCCCCCCCCC[N+](C(CC)C(=O)[O-])(C(CC)C(=O)O)C(CC)C(=O)O. The van der Waals surface area contributed by atoms with Crippen molar-refractivity contribution in [2.75, 3.05) is 6.54 Å². The Hall–Kier alpha value is -1.89. The van der Waals surface area contributed by atoms with Crippen molar-refractivity contribution in [1.29, 1.82) is 0 Å². The van der Waals surface area contributed by atoms with Crippen molar-refractivity contribution in [2.45, 2.75) is 161 Å². The van der Waals surface area contributed by atoms with Crippen LogP contribution in [0.4, 0.5) is 0 Å². The number of allylic oxidation sites excluding steroid dienone is 2. The number of aliphatic carboxylic acids is 3. The van der Waals surface area contributed by atoms with Crippen LogP contribution in [0.15, 0.2) is 12.2 Å². The molecular formula is C31H57NO6. The van der Waals surface area contributed by atoms with Crippen LogP contribution in [0.25, 0.3) is 0 Å². The van der Waals surface area contributed by atoms with Crippen molar-refractivity contribution >= 4 is 17.9 Å². The van der Waals surface area contributed by atoms with Crippen LogP contribution in [0.1, 0.15) is 143 Å². The monoisotopic (exact) mass is 539 g/mol. The molecule has 0 rings (SSSR count). The molecule has 0 saturated heterocycles. The van der Waals surface area contributed by atoms with Crippen molar-refractivity contribution in [3.63, 3.8) is 0 Å². The summed E-state index contributed by atoms with van der Waals surface area (Å²) >= 11 is 0. The fourth-order valence-electron chi connectivity index (χ4n) is 6.08. The zero-order valence-corrected chi connectivity index (χ0v) is 24.8. The Morgan fingerprint density at radius 1 is 0.605 bits per heavy atom. The van der Waals surface area contributed by atoms with Gasteiger partial charge in [-0.15, -0.1) is 0 Å². The molecule has 2 N–H and O–H groups in total. The third kappa shape index (κ3) is 12.8. The number of unbranched alkanes of at least 4 members (excludes halogenated alkanes) is 13. The number of carbonyl (C=O) groups excluding carboxylic acids is 1. The molecule has 0 aromatic heterocycles. The minimum absolute atomic E-state index is 0.131. The lowest BCUT2D eigenvalue weighted by atomic mass is 9.93. The summed E-state index contributed by atoms with van der Waals surface area (Å²) in [5, 5.41) is 32.1. The second-order valence-electron chi connectivity index (χ2n) is 10.8. The van der Waals surface area contributed by atoms with Crippen LogP contribution in [0.3, 0.4) is 0 Å². The van der Waals surface area contributed by atoms with Gasteiger partial charge in [-0.1, -0.05) is 104 Å². The number of hydrogen-bond donors (Lipinski definition) is 2. The Kier molecular flexibility index (Phi) is 20.9. The summed E-state index contributed by atoms with van der Waals surface area (Å²) in [6.07, 6.45) is 22.4. The molecule has 0 amide bonds. The van der Waals surface area contributed by atoms with Gasteiger partial charge in [0.15, 0.2) is 12.1 Å². The number of hydrogen-bond acceptors (Lipinski definition) is 4. The summed E-state index contributed by atoms with van der Waals surface area (Å²) < 4.78 is -0.467. The molecule has 0 aliphatic rings. The first-order chi connectivity index (χ1) is 18.2. The topological polar surface area (TPSA) is 115 Å². The maximum atomic E-state index is 12.2. The fraction of sp³-hybridized carbons (Fsp3) is 0.839. The molecule has 0 fully saturated rings. The molecule has 38 heavy (non-hydrogen) atoms. The quantitative estimate of drug-likeness (QED) is 0.0738. The van der Waals surface area contributed by atoms with E-state index in [-0.39, 0.29) is 25.8 Å². The number of carbonyl (C=O) groups is 3. The van der Waals surface area contributed by atoms with E-state index in [9.17, 15) is 29.7 Å². The standard InChI is InChI=1S/C31H57NO6/c1-5-9-10-11-12-13-14-15-16-17-18-19-20-21-22-23-24-25-32(26(6-2)29(33)34,27(7-3)30(35)36)28(8-4)31(37)38/h10-11,26-28H,5-9,12-25H2,1-4H3,(H2-,33,34,35,36,37,38)/b11-10+. The third-order valence-electron chi connectivity index (χ3n) is 8.03. The number of carboxylic acids is 3. The highest BCUT2D eigenvalue weighted by molar-refractivity contribution is 5.77. The minimum atomic E-state index is -1.37. The lowest BCUT2D eigenvalue weighted by Gasteiger charge is -2.51. The number of rotatable bonds is 26. The third-order valence-corrected chi connectivity index (χ3v) is 8.03. The molecule has 3 atom stereocenters. The van der Waals surface area contributed by atoms with Gasteiger partial charge in [-0.25, -0.2) is 9.59 Å². The largest absolute Gasteiger partial charge is 0.544 e. The normalized spacial score (nSPS) is 15.7. The van der Waals surface area contributed by atoms with Crippen LogP contribution in [0, 0.1) is 0 Å². The summed E-state index contributed by atoms with van der Waals surface area (Å²) in [7, 11) is 0. The second-order valence-corrected chi connectivity index (χ2v) is 10.8. The molecule has 0 bridgehead atoms. The van der Waals surface area contributed by atoms with Crippen molar-refractivity contribution in [3.05, 3.63) is 12.2 Å². The van der Waals surface area contributed by atoms with E-state index in [1.54, 1.807) is 20.8 Å². The summed E-state index contributed by atoms with van der Waals surface area (Å²) in [6.45, 7) is 7.47. The average molecular weight is 540 g/mol. The lowest BCUT2D eigenvalue weighted by molar-refractivity contribution is -0.974. The first kappa shape index (κ1) is 36.1. The van der Waals surface area contributed by atoms with Gasteiger partial charge in [0.05, 0.1) is 12.5 Å². The molecule has 0 heterocycles. The highest BCUT2D eigenvalue weighted by Gasteiger charge is 2.53. The predicted octanol–water partition coefficient (Wildman–Crippen LogP) is 6.49. The molecule has 3 unspecified atom stereocenters. The van der Waals surface area contributed by atoms with E-state index in [4.69, 9.17) is 0 Å². The molecule has 0 aromatic rings. The molecule has 222 valence electrons. The predicted molar refractivity (Wildman–Crippen MR) is 152 cm³/mol. The van der Waals surface area contributed by atoms with Gasteiger partial charge in [0.25, 0.3) is 0 Å². The Labute approximate surface area is 232 Å². The molecule has 0 aliphatic heterocycles. The first-order valence-electron chi connectivity index (χ1n) is 15.4. The fourth-order valence-corrected chi connectivity index (χ4v) is 6.08. The molecule has 0 saturated carbocycles. The van der Waals surface area contributed by atoms with Crippen molar-refractivity contribution in [2.24, 2.45) is 0 Å². The van der Waals surface area contributed by atoms with E-state index < -0.39 is 40.5 Å². The van der Waals surface area contributed by atoms with Crippen molar-refractivity contribution < 1.29 is 34.2 Å². The Bertz CT molecular complexity index is 622. The van der Waals surface area contributed by atoms with Gasteiger partial charge >= 0.3 is 11.9 Å². The molecule has 7 heteroatoms. The van der Waals surface area contributed by atoms with E-state index in [0.29, 0.717) is 6.42 Å². The van der Waals surface area contributed by atoms with E-state index in [1.807, 2.05) is 0 Å². The molecule has 0 spiro atoms. The van der Waals surface area contributed by atoms with E-state index in [0.717, 1.165) is 25.7 Å². The van der Waals surface area contributed by atoms with E-state index in [2.05, 4.69) is 19.1 Å². The minimum Gasteiger partial charge on any atom is -0.544 e. The van der Waals surface area contributed by atoms with Gasteiger partial charge < -0.3 is 20.1 Å². The summed E-state index contributed by atoms with van der Waals surface area (Å²) in [5.41, 5.74) is 0. The summed E-state index contributed by atoms with van der Waals surface area (Å²) in [5.74, 6) is -3.65. The highest BCUT2D eigenvalue weighted by atomic mass is 16.4. The molecular weight excluding hydrogens is 482 g/mol. The van der Waals surface area contributed by atoms with Crippen LogP contribution in [0.5, 0.6) is 0 Å². The van der Waals surface area contributed by atoms with Gasteiger partial charge in [0.1, 0.15) is 6.04 Å². The number of nitrogens with zero attached hydrogens (tertiary/aromatic N) is 1. The van der Waals surface area contributed by atoms with Crippen molar-refractivity contribution in [3.8, 4) is 0 Å². The van der Waals surface area contributed by atoms with Gasteiger partial charge in [0, 0.05) is 19.3 Å². The van der Waals surface area contributed by atoms with Crippen LogP contribution < -0.4 is 5.11 Å². The van der Waals surface area contributed by atoms with Crippen LogP contribution in [-0.2, 0) is 14.4 Å². The first-order valence-corrected chi connectivity index (χ1v) is 15.4. The molecule has 0 aliphatic carbocycles. The van der Waals surface area contributed by atoms with Gasteiger partial charge in [0.2, 0.25) is 0 Å². The Balaban J connectivity index is 4.64. The van der Waals surface area contributed by atoms with Crippen LogP contribution >= 0.6 is 0 Å². The molecule has 0 radical (unpaired) electrons. The van der Waals surface area contributed by atoms with Gasteiger partial charge in [-0.2, -0.15) is 0 Å². The zero-order chi connectivity index (χ0) is 28.8. The van der Waals surface area contributed by atoms with Crippen LogP contribution in [-0.4, -0.2) is 57.3 Å². The maximum Gasteiger partial charge on any atom is 0.362 e. The van der Waals surface area contributed by atoms with Crippen molar-refractivity contribution in [1.82, 2.24) is 0 Å². The summed E-state index contributed by atoms with van der Waals surface area (Å²) in [6, 6.07) is -3.37.